The fraction of sp³-hybridized carbons (Fsp3) is 0.448. The lowest BCUT2D eigenvalue weighted by Gasteiger charge is -2.33. The first-order valence-electron chi connectivity index (χ1n) is 13.3. The van der Waals surface area contributed by atoms with E-state index in [1.54, 1.807) is 4.90 Å². The van der Waals surface area contributed by atoms with Crippen LogP contribution in [0.4, 0.5) is 16.3 Å². The SMILES string of the molecule is CC(C)(C)Nc1ncc(-c2cnn(C3CCN(C(=O)OC(C)(C)C)CC3)c2)cc1-c1nc2c(N)cccc2o1. The molecule has 0 radical (unpaired) electrons. The maximum absolute atomic E-state index is 12.4. The summed E-state index contributed by atoms with van der Waals surface area (Å²) < 4.78 is 13.6. The monoisotopic (exact) mass is 531 g/mol. The van der Waals surface area contributed by atoms with E-state index in [2.05, 4.69) is 31.2 Å². The Bertz CT molecular complexity index is 1480. The maximum atomic E-state index is 12.4. The van der Waals surface area contributed by atoms with Gasteiger partial charge in [0.15, 0.2) is 5.58 Å². The molecule has 1 aliphatic rings. The fourth-order valence-electron chi connectivity index (χ4n) is 4.65. The third-order valence-electron chi connectivity index (χ3n) is 6.49. The highest BCUT2D eigenvalue weighted by molar-refractivity contribution is 5.88. The fourth-order valence-corrected chi connectivity index (χ4v) is 4.65. The minimum Gasteiger partial charge on any atom is -0.444 e. The van der Waals surface area contributed by atoms with Crippen molar-refractivity contribution in [2.24, 2.45) is 0 Å². The van der Waals surface area contributed by atoms with Crippen LogP contribution < -0.4 is 11.1 Å². The number of para-hydroxylation sites is 1. The Hall–Kier alpha value is -4.08. The number of rotatable bonds is 4. The van der Waals surface area contributed by atoms with Crippen LogP contribution in [0.2, 0.25) is 0 Å². The third kappa shape index (κ3) is 6.00. The van der Waals surface area contributed by atoms with Gasteiger partial charge in [-0.1, -0.05) is 6.07 Å². The summed E-state index contributed by atoms with van der Waals surface area (Å²) in [5.41, 5.74) is 9.84. The molecule has 1 fully saturated rings. The van der Waals surface area contributed by atoms with E-state index >= 15 is 0 Å². The Morgan fingerprint density at radius 2 is 1.85 bits per heavy atom. The number of ether oxygens (including phenoxy) is 1. The van der Waals surface area contributed by atoms with Crippen LogP contribution in [0.1, 0.15) is 60.4 Å². The van der Waals surface area contributed by atoms with Crippen LogP contribution >= 0.6 is 0 Å². The molecule has 0 aliphatic carbocycles. The van der Waals surface area contributed by atoms with E-state index in [4.69, 9.17) is 24.9 Å². The third-order valence-corrected chi connectivity index (χ3v) is 6.49. The predicted molar refractivity (Wildman–Crippen MR) is 152 cm³/mol. The summed E-state index contributed by atoms with van der Waals surface area (Å²) in [6, 6.07) is 7.74. The van der Waals surface area contributed by atoms with Crippen LogP contribution in [-0.2, 0) is 4.74 Å². The van der Waals surface area contributed by atoms with Crippen molar-refractivity contribution in [3.05, 3.63) is 42.9 Å². The van der Waals surface area contributed by atoms with Gasteiger partial charge >= 0.3 is 6.09 Å². The molecule has 1 aromatic carbocycles. The number of carbonyl (C=O) groups excluding carboxylic acids is 1. The van der Waals surface area contributed by atoms with Gasteiger partial charge in [-0.15, -0.1) is 0 Å². The van der Waals surface area contributed by atoms with Gasteiger partial charge in [0, 0.05) is 42.1 Å². The number of oxazole rings is 1. The Morgan fingerprint density at radius 1 is 1.10 bits per heavy atom. The molecule has 0 unspecified atom stereocenters. The predicted octanol–water partition coefficient (Wildman–Crippen LogP) is 6.12. The quantitative estimate of drug-likeness (QED) is 0.302. The average molecular weight is 532 g/mol. The lowest BCUT2D eigenvalue weighted by molar-refractivity contribution is 0.0185. The Labute approximate surface area is 228 Å². The Kier molecular flexibility index (Phi) is 6.74. The number of aromatic nitrogens is 4. The van der Waals surface area contributed by atoms with Gasteiger partial charge in [-0.3, -0.25) is 4.68 Å². The summed E-state index contributed by atoms with van der Waals surface area (Å²) >= 11 is 0. The smallest absolute Gasteiger partial charge is 0.410 e. The largest absolute Gasteiger partial charge is 0.444 e. The van der Waals surface area contributed by atoms with Crippen molar-refractivity contribution in [3.8, 4) is 22.6 Å². The molecule has 4 aromatic rings. The molecule has 0 saturated carbocycles. The summed E-state index contributed by atoms with van der Waals surface area (Å²) in [6.45, 7) is 13.2. The number of anilines is 2. The molecule has 1 saturated heterocycles. The van der Waals surface area contributed by atoms with Crippen molar-refractivity contribution in [3.63, 3.8) is 0 Å². The first-order valence-corrected chi connectivity index (χ1v) is 13.3. The second-order valence-corrected chi connectivity index (χ2v) is 12.1. The molecule has 0 spiro atoms. The van der Waals surface area contributed by atoms with Gasteiger partial charge in [0.05, 0.1) is 23.5 Å². The number of carbonyl (C=O) groups is 1. The number of hydrogen-bond acceptors (Lipinski definition) is 8. The van der Waals surface area contributed by atoms with Crippen LogP contribution in [-0.4, -0.2) is 55.0 Å². The standard InChI is InChI=1S/C29H37N7O3/c1-28(2,3)34-25-21(26-33-24-22(30)8-7-9-23(24)38-26)14-18(15-31-25)19-16-32-36(17-19)20-10-12-35(13-11-20)27(37)39-29(4,5)6/h7-9,14-17,20H,10-13,30H2,1-6H3,(H,31,34). The van der Waals surface area contributed by atoms with E-state index in [0.29, 0.717) is 41.6 Å². The summed E-state index contributed by atoms with van der Waals surface area (Å²) in [6.07, 6.45) is 7.08. The molecule has 3 aromatic heterocycles. The van der Waals surface area contributed by atoms with Gasteiger partial charge in [0.2, 0.25) is 5.89 Å². The van der Waals surface area contributed by atoms with Gasteiger partial charge in [0.1, 0.15) is 16.9 Å². The van der Waals surface area contributed by atoms with Crippen LogP contribution in [0, 0.1) is 0 Å². The Balaban J connectivity index is 1.39. The zero-order chi connectivity index (χ0) is 27.9. The summed E-state index contributed by atoms with van der Waals surface area (Å²) in [4.78, 5) is 23.7. The number of likely N-dealkylation sites (tertiary alicyclic amines) is 1. The maximum Gasteiger partial charge on any atom is 0.410 e. The first-order chi connectivity index (χ1) is 18.4. The summed E-state index contributed by atoms with van der Waals surface area (Å²) in [5, 5.41) is 8.12. The van der Waals surface area contributed by atoms with Crippen molar-refractivity contribution in [1.29, 1.82) is 0 Å². The minimum absolute atomic E-state index is 0.201. The highest BCUT2D eigenvalue weighted by atomic mass is 16.6. The molecule has 3 N–H and O–H groups in total. The van der Waals surface area contributed by atoms with E-state index in [1.807, 2.05) is 68.3 Å². The normalized spacial score (nSPS) is 15.1. The lowest BCUT2D eigenvalue weighted by Crippen LogP contribution is -2.42. The zero-order valence-electron chi connectivity index (χ0n) is 23.5. The number of amides is 1. The molecule has 10 heteroatoms. The van der Waals surface area contributed by atoms with E-state index < -0.39 is 5.60 Å². The zero-order valence-corrected chi connectivity index (χ0v) is 23.5. The number of piperidine rings is 1. The first kappa shape index (κ1) is 26.5. The van der Waals surface area contributed by atoms with E-state index in [-0.39, 0.29) is 17.7 Å². The number of nitrogens with zero attached hydrogens (tertiary/aromatic N) is 5. The number of nitrogens with one attached hydrogen (secondary N) is 1. The number of fused-ring (bicyclic) bond motifs is 1. The van der Waals surface area contributed by atoms with Crippen LogP contribution in [0.5, 0.6) is 0 Å². The molecule has 0 atom stereocenters. The highest BCUT2D eigenvalue weighted by Gasteiger charge is 2.28. The molecule has 39 heavy (non-hydrogen) atoms. The number of nitrogens with two attached hydrogens (primary N) is 1. The van der Waals surface area contributed by atoms with Crippen LogP contribution in [0.3, 0.4) is 0 Å². The average Bonchev–Trinajstić information content (AvgIpc) is 3.51. The molecule has 10 nitrogen and oxygen atoms in total. The van der Waals surface area contributed by atoms with Crippen molar-refractivity contribution in [2.75, 3.05) is 24.1 Å². The highest BCUT2D eigenvalue weighted by Crippen LogP contribution is 2.35. The number of benzene rings is 1. The van der Waals surface area contributed by atoms with Crippen molar-refractivity contribution in [1.82, 2.24) is 24.6 Å². The van der Waals surface area contributed by atoms with Crippen LogP contribution in [0.25, 0.3) is 33.7 Å². The molecular formula is C29H37N7O3. The summed E-state index contributed by atoms with van der Waals surface area (Å²) in [5.74, 6) is 1.13. The second kappa shape index (κ2) is 9.91. The number of hydrogen-bond donors (Lipinski definition) is 2. The van der Waals surface area contributed by atoms with E-state index in [0.717, 1.165) is 29.5 Å². The van der Waals surface area contributed by atoms with Gasteiger partial charge < -0.3 is 25.1 Å². The molecule has 0 bridgehead atoms. The number of nitrogen functional groups attached to an aromatic ring is 1. The van der Waals surface area contributed by atoms with Gasteiger partial charge in [-0.05, 0) is 72.6 Å². The molecule has 206 valence electrons. The summed E-state index contributed by atoms with van der Waals surface area (Å²) in [7, 11) is 0. The van der Waals surface area contributed by atoms with E-state index in [1.165, 1.54) is 0 Å². The van der Waals surface area contributed by atoms with Crippen LogP contribution in [0.15, 0.2) is 47.3 Å². The van der Waals surface area contributed by atoms with Crippen molar-refractivity contribution < 1.29 is 13.9 Å². The topological polar surface area (TPSA) is 124 Å². The lowest BCUT2D eigenvalue weighted by atomic mass is 10.0. The van der Waals surface area contributed by atoms with Gasteiger partial charge in [-0.25, -0.2) is 14.8 Å². The molecular weight excluding hydrogens is 494 g/mol. The van der Waals surface area contributed by atoms with Crippen molar-refractivity contribution in [2.45, 2.75) is 71.6 Å². The molecule has 4 heterocycles. The van der Waals surface area contributed by atoms with Gasteiger partial charge in [-0.2, -0.15) is 5.10 Å². The molecule has 1 aliphatic heterocycles. The number of pyridine rings is 1. The molecule has 1 amide bonds. The second-order valence-electron chi connectivity index (χ2n) is 12.1. The molecule has 5 rings (SSSR count). The Morgan fingerprint density at radius 3 is 2.51 bits per heavy atom. The van der Waals surface area contributed by atoms with E-state index in [9.17, 15) is 4.79 Å². The van der Waals surface area contributed by atoms with Crippen molar-refractivity contribution >= 4 is 28.7 Å². The minimum atomic E-state index is -0.500. The van der Waals surface area contributed by atoms with Gasteiger partial charge in [0.25, 0.3) is 0 Å².